The van der Waals surface area contributed by atoms with Gasteiger partial charge >= 0.3 is 12.1 Å². The van der Waals surface area contributed by atoms with Crippen molar-refractivity contribution in [2.24, 2.45) is 23.7 Å². The Morgan fingerprint density at radius 2 is 1.80 bits per heavy atom. The number of carbonyl (C=O) groups excluding carboxylic acids is 4. The number of Topliss-reactive ketones (excluding diaryl/α,β-unsaturated/α-hetero) is 2. The van der Waals surface area contributed by atoms with E-state index in [-0.39, 0.29) is 50.0 Å². The number of aromatic nitrogens is 1. The molecule has 5 heterocycles. The SMILES string of the molecule is CC[C@H]1OC(=O)[C@H](C)C(=O)[C@H](C)[C@@H](O[C@@H]2O[C@H](C)C[C@H](N(C)C)[C@H]2O)[C@@](C)(OC/C=C/c2cnc3ccccc3c2)C[C@@H](C)C(=O)[C@H](CNC2COC2)[C@H]2NC(=O)O[C@@]21C. The highest BCUT2D eigenvalue weighted by molar-refractivity contribution is 6.00. The second-order valence-electron chi connectivity index (χ2n) is 17.8. The van der Waals surface area contributed by atoms with Crippen molar-refractivity contribution < 1.29 is 52.7 Å². The number of carbonyl (C=O) groups is 4. The molecule has 0 spiro atoms. The Labute approximate surface area is 353 Å². The number of likely N-dealkylation sites (N-methyl/N-ethyl adjacent to an activating group) is 1. The quantitative estimate of drug-likeness (QED) is 0.217. The molecule has 6 rings (SSSR count). The average Bonchev–Trinajstić information content (AvgIpc) is 3.51. The summed E-state index contributed by atoms with van der Waals surface area (Å²) in [6.07, 6.45) is 0.927. The fourth-order valence-electron chi connectivity index (χ4n) is 9.39. The molecule has 13 atom stereocenters. The summed E-state index contributed by atoms with van der Waals surface area (Å²) in [5.74, 6) is -5.33. The van der Waals surface area contributed by atoms with Gasteiger partial charge in [0, 0.05) is 36.0 Å². The number of hydrogen-bond donors (Lipinski definition) is 3. The van der Waals surface area contributed by atoms with E-state index >= 15 is 4.79 Å². The van der Waals surface area contributed by atoms with E-state index in [4.69, 9.17) is 28.4 Å². The molecule has 1 aromatic heterocycles. The Balaban J connectivity index is 1.41. The molecule has 0 aliphatic carbocycles. The van der Waals surface area contributed by atoms with Gasteiger partial charge in [0.05, 0.1) is 61.1 Å². The third-order valence-corrected chi connectivity index (χ3v) is 13.0. The van der Waals surface area contributed by atoms with Gasteiger partial charge in [-0.3, -0.25) is 19.4 Å². The number of alkyl carbamates (subject to hydrolysis) is 1. The molecule has 0 saturated carbocycles. The first-order valence-electron chi connectivity index (χ1n) is 21.3. The Bertz CT molecular complexity index is 1890. The van der Waals surface area contributed by atoms with E-state index in [0.29, 0.717) is 19.6 Å². The van der Waals surface area contributed by atoms with Gasteiger partial charge in [0.2, 0.25) is 0 Å². The summed E-state index contributed by atoms with van der Waals surface area (Å²) in [5, 5.41) is 19.0. The number of amides is 1. The molecule has 0 unspecified atom stereocenters. The molecule has 2 aromatic rings. The Morgan fingerprint density at radius 3 is 2.48 bits per heavy atom. The van der Waals surface area contributed by atoms with Crippen molar-refractivity contribution in [3.63, 3.8) is 0 Å². The number of esters is 1. The lowest BCUT2D eigenvalue weighted by Gasteiger charge is -2.47. The molecule has 1 amide bonds. The number of benzene rings is 1. The van der Waals surface area contributed by atoms with Crippen molar-refractivity contribution >= 4 is 40.6 Å². The average molecular weight is 837 g/mol. The Kier molecular flexibility index (Phi) is 14.5. The van der Waals surface area contributed by atoms with Gasteiger partial charge in [-0.1, -0.05) is 51.1 Å². The fourth-order valence-corrected chi connectivity index (χ4v) is 9.39. The number of nitrogens with one attached hydrogen (secondary N) is 2. The molecule has 4 saturated heterocycles. The van der Waals surface area contributed by atoms with Gasteiger partial charge < -0.3 is 49.1 Å². The summed E-state index contributed by atoms with van der Waals surface area (Å²) >= 11 is 0. The van der Waals surface area contributed by atoms with Crippen LogP contribution in [-0.2, 0) is 42.8 Å². The number of hydrogen-bond acceptors (Lipinski definition) is 14. The first kappa shape index (κ1) is 45.7. The number of rotatable bonds is 11. The molecule has 0 bridgehead atoms. The monoisotopic (exact) mass is 836 g/mol. The number of nitrogens with zero attached hydrogens (tertiary/aromatic N) is 2. The molecular weight excluding hydrogens is 773 g/mol. The van der Waals surface area contributed by atoms with Gasteiger partial charge in [-0.2, -0.15) is 0 Å². The van der Waals surface area contributed by atoms with Crippen LogP contribution in [0.2, 0.25) is 0 Å². The van der Waals surface area contributed by atoms with E-state index in [2.05, 4.69) is 15.6 Å². The lowest BCUT2D eigenvalue weighted by Crippen LogP contribution is -2.62. The number of para-hydroxylation sites is 1. The Hall–Kier alpha value is -3.83. The minimum Gasteiger partial charge on any atom is -0.458 e. The number of fused-ring (bicyclic) bond motifs is 2. The van der Waals surface area contributed by atoms with Crippen LogP contribution < -0.4 is 10.6 Å². The van der Waals surface area contributed by atoms with Crippen LogP contribution in [0.25, 0.3) is 17.0 Å². The van der Waals surface area contributed by atoms with Crippen molar-refractivity contribution in [2.75, 3.05) is 40.5 Å². The molecule has 330 valence electrons. The highest BCUT2D eigenvalue weighted by Crippen LogP contribution is 2.40. The van der Waals surface area contributed by atoms with Crippen LogP contribution in [0.5, 0.6) is 0 Å². The molecule has 1 aromatic carbocycles. The van der Waals surface area contributed by atoms with E-state index in [1.54, 1.807) is 40.8 Å². The molecule has 3 N–H and O–H groups in total. The minimum absolute atomic E-state index is 0.0178. The zero-order valence-corrected chi connectivity index (χ0v) is 36.4. The van der Waals surface area contributed by atoms with Gasteiger partial charge in [-0.15, -0.1) is 0 Å². The number of aliphatic hydroxyl groups is 1. The lowest BCUT2D eigenvalue weighted by molar-refractivity contribution is -0.296. The van der Waals surface area contributed by atoms with Crippen LogP contribution in [0.1, 0.15) is 73.3 Å². The van der Waals surface area contributed by atoms with E-state index in [1.165, 1.54) is 6.92 Å². The number of aliphatic hydroxyl groups excluding tert-OH is 1. The van der Waals surface area contributed by atoms with Gasteiger partial charge in [-0.25, -0.2) is 4.79 Å². The molecule has 15 nitrogen and oxygen atoms in total. The van der Waals surface area contributed by atoms with E-state index in [0.717, 1.165) is 16.5 Å². The molecule has 60 heavy (non-hydrogen) atoms. The zero-order valence-electron chi connectivity index (χ0n) is 36.4. The number of pyridine rings is 1. The van der Waals surface area contributed by atoms with E-state index in [1.807, 2.05) is 68.4 Å². The second kappa shape index (κ2) is 19.1. The first-order chi connectivity index (χ1) is 28.4. The fraction of sp³-hybridized carbons (Fsp3) is 0.667. The first-order valence-corrected chi connectivity index (χ1v) is 21.3. The summed E-state index contributed by atoms with van der Waals surface area (Å²) in [6.45, 7) is 13.3. The minimum atomic E-state index is -1.44. The zero-order chi connectivity index (χ0) is 43.5. The normalized spacial score (nSPS) is 37.4. The predicted octanol–water partition coefficient (Wildman–Crippen LogP) is 4.08. The summed E-state index contributed by atoms with van der Waals surface area (Å²) < 4.78 is 37.3. The highest BCUT2D eigenvalue weighted by atomic mass is 16.7. The molecule has 0 radical (unpaired) electrons. The van der Waals surface area contributed by atoms with E-state index in [9.17, 15) is 19.5 Å². The van der Waals surface area contributed by atoms with Crippen LogP contribution in [0, 0.1) is 23.7 Å². The van der Waals surface area contributed by atoms with Gasteiger partial charge in [0.15, 0.2) is 17.7 Å². The van der Waals surface area contributed by atoms with Crippen molar-refractivity contribution in [3.8, 4) is 0 Å². The lowest BCUT2D eigenvalue weighted by atomic mass is 9.73. The molecule has 15 heteroatoms. The van der Waals surface area contributed by atoms with Crippen LogP contribution in [0.15, 0.2) is 42.6 Å². The van der Waals surface area contributed by atoms with Crippen LogP contribution >= 0.6 is 0 Å². The molecule has 4 aliphatic heterocycles. The second-order valence-corrected chi connectivity index (χ2v) is 17.8. The number of ether oxygens (including phenoxy) is 6. The maximum atomic E-state index is 15.1. The largest absolute Gasteiger partial charge is 0.458 e. The van der Waals surface area contributed by atoms with Crippen LogP contribution in [-0.4, -0.2) is 139 Å². The van der Waals surface area contributed by atoms with Crippen molar-refractivity contribution in [1.82, 2.24) is 20.5 Å². The standard InChI is InChI=1S/C45H64N4O11/c1-10-35-45(7)39(48-43(54)60-45)32(22-46-31-23-55-24-31)36(50)25(2)20-44(6,56-17-13-14-29-19-30-15-11-12-16-33(30)47-21-29)40(27(4)37(51)28(5)41(53)58-35)59-42-38(52)34(49(8)9)18-26(3)57-42/h11-16,19,21,25-28,31-32,34-35,38-40,42,46,52H,10,17-18,20,22-24H2,1-9H3,(H,48,54)/b14-13+/t25-,26-,27+,28-,32+,34+,35-,38-,39-,40-,42+,44+,45-/m1/s1. The predicted molar refractivity (Wildman–Crippen MR) is 223 cm³/mol. The third kappa shape index (κ3) is 9.77. The number of ketones is 2. The van der Waals surface area contributed by atoms with Crippen LogP contribution in [0.4, 0.5) is 4.79 Å². The highest BCUT2D eigenvalue weighted by Gasteiger charge is 2.58. The topological polar surface area (TPSA) is 184 Å². The van der Waals surface area contributed by atoms with Crippen LogP contribution in [0.3, 0.4) is 0 Å². The van der Waals surface area contributed by atoms with Crippen molar-refractivity contribution in [3.05, 3.63) is 48.2 Å². The van der Waals surface area contributed by atoms with Gasteiger partial charge in [0.1, 0.15) is 23.9 Å². The van der Waals surface area contributed by atoms with Crippen molar-refractivity contribution in [1.29, 1.82) is 0 Å². The summed E-state index contributed by atoms with van der Waals surface area (Å²) in [4.78, 5) is 63.3. The summed E-state index contributed by atoms with van der Waals surface area (Å²) in [6, 6.07) is 8.64. The van der Waals surface area contributed by atoms with Gasteiger partial charge in [-0.05, 0) is 78.7 Å². The maximum absolute atomic E-state index is 15.1. The maximum Gasteiger partial charge on any atom is 0.408 e. The molecule has 4 fully saturated rings. The molecular formula is C45H64N4O11. The number of cyclic esters (lactones) is 1. The van der Waals surface area contributed by atoms with Crippen molar-refractivity contribution in [2.45, 2.75) is 128 Å². The Morgan fingerprint density at radius 1 is 1.07 bits per heavy atom. The molecule has 4 aliphatic rings. The van der Waals surface area contributed by atoms with Gasteiger partial charge in [0.25, 0.3) is 0 Å². The van der Waals surface area contributed by atoms with E-state index < -0.39 is 83.4 Å². The smallest absolute Gasteiger partial charge is 0.408 e. The third-order valence-electron chi connectivity index (χ3n) is 13.0. The summed E-state index contributed by atoms with van der Waals surface area (Å²) in [5.41, 5.74) is -1.12. The summed E-state index contributed by atoms with van der Waals surface area (Å²) in [7, 11) is 3.75.